The van der Waals surface area contributed by atoms with Crippen molar-refractivity contribution in [3.8, 4) is 11.5 Å². The number of Topliss-reactive ketones (excluding diaryl/α,β-unsaturated/α-hetero) is 1. The molecule has 0 fully saturated rings. The fraction of sp³-hybridized carbons (Fsp3) is 0.286. The van der Waals surface area contributed by atoms with Gasteiger partial charge in [0.2, 0.25) is 0 Å². The lowest BCUT2D eigenvalue weighted by atomic mass is 9.75. The highest BCUT2D eigenvalue weighted by molar-refractivity contribution is 9.10. The van der Waals surface area contributed by atoms with E-state index in [0.29, 0.717) is 22.4 Å². The van der Waals surface area contributed by atoms with Gasteiger partial charge in [-0.25, -0.2) is 4.39 Å². The molecule has 0 spiro atoms. The van der Waals surface area contributed by atoms with Gasteiger partial charge in [0.25, 0.3) is 0 Å². The van der Waals surface area contributed by atoms with Gasteiger partial charge in [-0.15, -0.1) is 0 Å². The van der Waals surface area contributed by atoms with Crippen LogP contribution in [-0.2, 0) is 4.79 Å². The largest absolute Gasteiger partial charge is 0.493 e. The van der Waals surface area contributed by atoms with Crippen molar-refractivity contribution in [3.63, 3.8) is 0 Å². The summed E-state index contributed by atoms with van der Waals surface area (Å²) in [5.74, 6) is 0.741. The van der Waals surface area contributed by atoms with E-state index in [4.69, 9.17) is 9.47 Å². The maximum Gasteiger partial charge on any atom is 0.162 e. The minimum atomic E-state index is -0.329. The van der Waals surface area contributed by atoms with Crippen LogP contribution in [0, 0.1) is 5.82 Å². The van der Waals surface area contributed by atoms with Crippen molar-refractivity contribution >= 4 is 27.4 Å². The Kier molecular flexibility index (Phi) is 4.68. The molecular weight excluding hydrogens is 413 g/mol. The lowest BCUT2D eigenvalue weighted by Gasteiger charge is -2.34. The first kappa shape index (κ1) is 18.0. The average molecular weight is 432 g/mol. The fourth-order valence-electron chi connectivity index (χ4n) is 3.93. The minimum absolute atomic E-state index is 0.134. The zero-order chi connectivity index (χ0) is 19.1. The van der Waals surface area contributed by atoms with Crippen LogP contribution in [0.4, 0.5) is 10.1 Å². The van der Waals surface area contributed by atoms with E-state index in [2.05, 4.69) is 21.2 Å². The molecule has 0 amide bonds. The topological polar surface area (TPSA) is 47.6 Å². The van der Waals surface area contributed by atoms with Crippen molar-refractivity contribution in [3.05, 3.63) is 63.0 Å². The standard InChI is InChI=1S/C21H19BrFNO3/c1-26-18-9-12-16(10-19(18)27-2)24-15-4-3-5-17(25)21(15)20(12)11-6-7-14(23)13(22)8-11/h6-10,20,24H,3-5H2,1-2H3. The van der Waals surface area contributed by atoms with Crippen molar-refractivity contribution in [1.82, 2.24) is 0 Å². The monoisotopic (exact) mass is 431 g/mol. The van der Waals surface area contributed by atoms with E-state index in [9.17, 15) is 9.18 Å². The van der Waals surface area contributed by atoms with Gasteiger partial charge in [0.05, 0.1) is 18.7 Å². The Labute approximate surface area is 165 Å². The zero-order valence-electron chi connectivity index (χ0n) is 15.1. The molecule has 1 atom stereocenters. The van der Waals surface area contributed by atoms with E-state index in [1.54, 1.807) is 26.4 Å². The van der Waals surface area contributed by atoms with Gasteiger partial charge in [-0.1, -0.05) is 6.07 Å². The summed E-state index contributed by atoms with van der Waals surface area (Å²) in [7, 11) is 3.18. The van der Waals surface area contributed by atoms with Gasteiger partial charge in [-0.05, 0) is 58.1 Å². The third kappa shape index (κ3) is 3.02. The number of carbonyl (C=O) groups is 1. The van der Waals surface area contributed by atoms with Crippen molar-refractivity contribution in [2.45, 2.75) is 25.2 Å². The molecule has 0 bridgehead atoms. The number of methoxy groups -OCH3 is 2. The lowest BCUT2D eigenvalue weighted by Crippen LogP contribution is -2.27. The summed E-state index contributed by atoms with van der Waals surface area (Å²) in [6.45, 7) is 0. The molecule has 140 valence electrons. The lowest BCUT2D eigenvalue weighted by molar-refractivity contribution is -0.116. The highest BCUT2D eigenvalue weighted by Crippen LogP contribution is 2.48. The second-order valence-electron chi connectivity index (χ2n) is 6.69. The number of ketones is 1. The maximum absolute atomic E-state index is 13.8. The third-order valence-corrected chi connectivity index (χ3v) is 5.78. The van der Waals surface area contributed by atoms with Crippen LogP contribution in [-0.4, -0.2) is 20.0 Å². The van der Waals surface area contributed by atoms with E-state index < -0.39 is 0 Å². The molecule has 0 aromatic heterocycles. The van der Waals surface area contributed by atoms with E-state index in [-0.39, 0.29) is 17.5 Å². The SMILES string of the molecule is COc1cc2c(cc1OC)C(c1ccc(F)c(Br)c1)C1=C(CCCC1=O)N2. The molecule has 0 radical (unpaired) electrons. The minimum Gasteiger partial charge on any atom is -0.493 e. The molecule has 0 saturated carbocycles. The number of rotatable bonds is 3. The maximum atomic E-state index is 13.8. The van der Waals surface area contributed by atoms with Crippen LogP contribution in [0.25, 0.3) is 0 Å². The van der Waals surface area contributed by atoms with E-state index in [1.165, 1.54) is 6.07 Å². The summed E-state index contributed by atoms with van der Waals surface area (Å²) in [6.07, 6.45) is 2.17. The van der Waals surface area contributed by atoms with Crippen molar-refractivity contribution in [1.29, 1.82) is 0 Å². The summed E-state index contributed by atoms with van der Waals surface area (Å²) < 4.78 is 25.1. The number of hydrogen-bond donors (Lipinski definition) is 1. The van der Waals surface area contributed by atoms with Crippen LogP contribution in [0.15, 0.2) is 46.1 Å². The highest BCUT2D eigenvalue weighted by atomic mass is 79.9. The molecule has 2 aliphatic rings. The number of hydrogen-bond acceptors (Lipinski definition) is 4. The quantitative estimate of drug-likeness (QED) is 0.727. The van der Waals surface area contributed by atoms with Crippen LogP contribution in [0.3, 0.4) is 0 Å². The summed E-state index contributed by atoms with van der Waals surface area (Å²) >= 11 is 3.27. The number of benzene rings is 2. The smallest absolute Gasteiger partial charge is 0.162 e. The number of halogens is 2. The molecule has 1 heterocycles. The first-order valence-electron chi connectivity index (χ1n) is 8.77. The van der Waals surface area contributed by atoms with Crippen LogP contribution in [0.1, 0.15) is 36.3 Å². The molecule has 1 aliphatic carbocycles. The number of allylic oxidation sites excluding steroid dienone is 2. The summed E-state index contributed by atoms with van der Waals surface area (Å²) in [4.78, 5) is 12.8. The molecule has 0 saturated heterocycles. The predicted octanol–water partition coefficient (Wildman–Crippen LogP) is 5.17. The van der Waals surface area contributed by atoms with Gasteiger partial charge in [-0.3, -0.25) is 4.79 Å². The van der Waals surface area contributed by atoms with Crippen molar-refractivity contribution in [2.75, 3.05) is 19.5 Å². The molecule has 1 aliphatic heterocycles. The van der Waals surface area contributed by atoms with E-state index in [1.807, 2.05) is 12.1 Å². The molecule has 1 N–H and O–H groups in total. The summed E-state index contributed by atoms with van der Waals surface area (Å²) in [5, 5.41) is 3.42. The van der Waals surface area contributed by atoms with E-state index >= 15 is 0 Å². The summed E-state index contributed by atoms with van der Waals surface area (Å²) in [6, 6.07) is 8.70. The average Bonchev–Trinajstić information content (AvgIpc) is 2.67. The molecule has 6 heteroatoms. The second kappa shape index (κ2) is 7.00. The number of fused-ring (bicyclic) bond motifs is 1. The summed E-state index contributed by atoms with van der Waals surface area (Å²) in [5.41, 5.74) is 4.36. The van der Waals surface area contributed by atoms with Gasteiger partial charge in [-0.2, -0.15) is 0 Å². The van der Waals surface area contributed by atoms with Gasteiger partial charge >= 0.3 is 0 Å². The van der Waals surface area contributed by atoms with Crippen molar-refractivity contribution < 1.29 is 18.7 Å². The van der Waals surface area contributed by atoms with Gasteiger partial charge in [0, 0.05) is 35.4 Å². The third-order valence-electron chi connectivity index (χ3n) is 5.17. The number of anilines is 1. The van der Waals surface area contributed by atoms with Gasteiger partial charge in [0.1, 0.15) is 5.82 Å². The Morgan fingerprint density at radius 1 is 1.11 bits per heavy atom. The van der Waals surface area contributed by atoms with Gasteiger partial charge < -0.3 is 14.8 Å². The first-order chi connectivity index (χ1) is 13.0. The Morgan fingerprint density at radius 2 is 1.85 bits per heavy atom. The zero-order valence-corrected chi connectivity index (χ0v) is 16.7. The molecule has 1 unspecified atom stereocenters. The number of nitrogens with one attached hydrogen (secondary N) is 1. The molecular formula is C21H19BrFNO3. The number of ether oxygens (including phenoxy) is 2. The Hall–Kier alpha value is -2.34. The van der Waals surface area contributed by atoms with Gasteiger partial charge in [0.15, 0.2) is 17.3 Å². The molecule has 2 aromatic carbocycles. The van der Waals surface area contributed by atoms with E-state index in [0.717, 1.165) is 40.9 Å². The Morgan fingerprint density at radius 3 is 2.56 bits per heavy atom. The Balaban J connectivity index is 1.96. The van der Waals surface area contributed by atoms with Crippen LogP contribution in [0.5, 0.6) is 11.5 Å². The first-order valence-corrected chi connectivity index (χ1v) is 9.57. The molecule has 4 nitrogen and oxygen atoms in total. The normalized spacial score (nSPS) is 18.5. The van der Waals surface area contributed by atoms with Crippen LogP contribution in [0.2, 0.25) is 0 Å². The Bertz CT molecular complexity index is 970. The van der Waals surface area contributed by atoms with Crippen LogP contribution >= 0.6 is 15.9 Å². The molecule has 4 rings (SSSR count). The second-order valence-corrected chi connectivity index (χ2v) is 7.55. The highest BCUT2D eigenvalue weighted by Gasteiger charge is 2.36. The fourth-order valence-corrected chi connectivity index (χ4v) is 4.32. The molecule has 27 heavy (non-hydrogen) atoms. The van der Waals surface area contributed by atoms with Crippen molar-refractivity contribution in [2.24, 2.45) is 0 Å². The van der Waals surface area contributed by atoms with Crippen LogP contribution < -0.4 is 14.8 Å². The number of carbonyl (C=O) groups excluding carboxylic acids is 1. The predicted molar refractivity (Wildman–Crippen MR) is 105 cm³/mol. The molecule has 2 aromatic rings.